The molecule has 4 heteroatoms. The summed E-state index contributed by atoms with van der Waals surface area (Å²) in [6.45, 7) is 0. The van der Waals surface area contributed by atoms with Gasteiger partial charge in [-0.3, -0.25) is 4.79 Å². The van der Waals surface area contributed by atoms with Crippen molar-refractivity contribution in [2.75, 3.05) is 7.11 Å². The minimum Gasteiger partial charge on any atom is -0.504 e. The number of phenols is 1. The first-order valence-electron chi connectivity index (χ1n) is 5.88. The van der Waals surface area contributed by atoms with Crippen LogP contribution in [0.5, 0.6) is 11.5 Å². The van der Waals surface area contributed by atoms with Gasteiger partial charge in [-0.1, -0.05) is 12.8 Å². The summed E-state index contributed by atoms with van der Waals surface area (Å²) in [5, 5.41) is 12.6. The summed E-state index contributed by atoms with van der Waals surface area (Å²) in [5.41, 5.74) is 0.468. The highest BCUT2D eigenvalue weighted by molar-refractivity contribution is 5.95. The largest absolute Gasteiger partial charge is 0.504 e. The van der Waals surface area contributed by atoms with Crippen LogP contribution in [0.1, 0.15) is 36.0 Å². The summed E-state index contributed by atoms with van der Waals surface area (Å²) in [4.78, 5) is 11.9. The van der Waals surface area contributed by atoms with Gasteiger partial charge in [0.2, 0.25) is 0 Å². The second kappa shape index (κ2) is 5.08. The molecule has 1 fully saturated rings. The lowest BCUT2D eigenvalue weighted by atomic mass is 10.1. The molecule has 0 unspecified atom stereocenters. The normalized spacial score (nSPS) is 15.8. The molecule has 0 aliphatic heterocycles. The smallest absolute Gasteiger partial charge is 0.251 e. The lowest BCUT2D eigenvalue weighted by Crippen LogP contribution is -2.32. The number of nitrogens with one attached hydrogen (secondary N) is 1. The molecule has 1 saturated carbocycles. The Kier molecular flexibility index (Phi) is 3.52. The third-order valence-corrected chi connectivity index (χ3v) is 3.13. The maximum atomic E-state index is 11.9. The number of benzene rings is 1. The Balaban J connectivity index is 2.05. The van der Waals surface area contributed by atoms with Crippen LogP contribution in [0.3, 0.4) is 0 Å². The van der Waals surface area contributed by atoms with Gasteiger partial charge in [0, 0.05) is 11.6 Å². The Morgan fingerprint density at radius 2 is 2.12 bits per heavy atom. The molecule has 92 valence electrons. The van der Waals surface area contributed by atoms with E-state index in [1.807, 2.05) is 0 Å². The Bertz CT molecular complexity index is 411. The Hall–Kier alpha value is -1.71. The Morgan fingerprint density at radius 3 is 2.71 bits per heavy atom. The fourth-order valence-electron chi connectivity index (χ4n) is 2.17. The molecule has 1 aliphatic carbocycles. The van der Waals surface area contributed by atoms with E-state index < -0.39 is 0 Å². The lowest BCUT2D eigenvalue weighted by Gasteiger charge is -2.12. The topological polar surface area (TPSA) is 58.6 Å². The van der Waals surface area contributed by atoms with Gasteiger partial charge in [-0.25, -0.2) is 0 Å². The molecule has 0 heterocycles. The molecule has 2 N–H and O–H groups in total. The second-order valence-corrected chi connectivity index (χ2v) is 4.34. The van der Waals surface area contributed by atoms with Gasteiger partial charge in [-0.2, -0.15) is 0 Å². The molecular weight excluding hydrogens is 218 g/mol. The number of carbonyl (C=O) groups excluding carboxylic acids is 1. The van der Waals surface area contributed by atoms with Crippen LogP contribution in [-0.4, -0.2) is 24.2 Å². The lowest BCUT2D eigenvalue weighted by molar-refractivity contribution is 0.0937. The van der Waals surface area contributed by atoms with Gasteiger partial charge >= 0.3 is 0 Å². The van der Waals surface area contributed by atoms with E-state index in [4.69, 9.17) is 4.74 Å². The quantitative estimate of drug-likeness (QED) is 0.843. The van der Waals surface area contributed by atoms with Crippen molar-refractivity contribution in [3.05, 3.63) is 23.8 Å². The molecular formula is C13H17NO3. The van der Waals surface area contributed by atoms with Crippen LogP contribution in [0.15, 0.2) is 18.2 Å². The second-order valence-electron chi connectivity index (χ2n) is 4.34. The fraction of sp³-hybridized carbons (Fsp3) is 0.462. The maximum Gasteiger partial charge on any atom is 0.251 e. The third-order valence-electron chi connectivity index (χ3n) is 3.13. The summed E-state index contributed by atoms with van der Waals surface area (Å²) in [7, 11) is 1.48. The molecule has 2 rings (SSSR count). The highest BCUT2D eigenvalue weighted by Gasteiger charge is 2.18. The number of hydrogen-bond acceptors (Lipinski definition) is 3. The molecule has 0 saturated heterocycles. The number of hydrogen-bond donors (Lipinski definition) is 2. The molecule has 0 aromatic heterocycles. The van der Waals surface area contributed by atoms with E-state index in [2.05, 4.69) is 5.32 Å². The Morgan fingerprint density at radius 1 is 1.41 bits per heavy atom. The van der Waals surface area contributed by atoms with Crippen LogP contribution in [0, 0.1) is 0 Å². The zero-order chi connectivity index (χ0) is 12.3. The first kappa shape index (κ1) is 11.8. The van der Waals surface area contributed by atoms with Gasteiger partial charge in [-0.15, -0.1) is 0 Å². The predicted molar refractivity (Wildman–Crippen MR) is 64.4 cm³/mol. The minimum absolute atomic E-state index is 0.00780. The van der Waals surface area contributed by atoms with E-state index in [9.17, 15) is 9.90 Å². The third kappa shape index (κ3) is 2.70. The predicted octanol–water partition coefficient (Wildman–Crippen LogP) is 2.07. The zero-order valence-corrected chi connectivity index (χ0v) is 9.90. The zero-order valence-electron chi connectivity index (χ0n) is 9.90. The van der Waals surface area contributed by atoms with Crippen LogP contribution in [0.2, 0.25) is 0 Å². The van der Waals surface area contributed by atoms with Crippen molar-refractivity contribution in [1.29, 1.82) is 0 Å². The minimum atomic E-state index is -0.130. The highest BCUT2D eigenvalue weighted by atomic mass is 16.5. The number of phenolic OH excluding ortho intramolecular Hbond substituents is 1. The van der Waals surface area contributed by atoms with Crippen LogP contribution in [0.25, 0.3) is 0 Å². The van der Waals surface area contributed by atoms with Crippen molar-refractivity contribution in [3.63, 3.8) is 0 Å². The number of rotatable bonds is 3. The van der Waals surface area contributed by atoms with E-state index in [1.54, 1.807) is 12.1 Å². The number of amides is 1. The molecule has 4 nitrogen and oxygen atoms in total. The molecule has 17 heavy (non-hydrogen) atoms. The molecule has 0 spiro atoms. The van der Waals surface area contributed by atoms with Crippen molar-refractivity contribution in [2.24, 2.45) is 0 Å². The van der Waals surface area contributed by atoms with Crippen molar-refractivity contribution in [3.8, 4) is 11.5 Å². The molecule has 1 aliphatic rings. The van der Waals surface area contributed by atoms with Gasteiger partial charge in [0.25, 0.3) is 5.91 Å². The first-order valence-corrected chi connectivity index (χ1v) is 5.88. The van der Waals surface area contributed by atoms with Crippen LogP contribution < -0.4 is 10.1 Å². The summed E-state index contributed by atoms with van der Waals surface area (Å²) < 4.78 is 4.93. The number of carbonyl (C=O) groups is 1. The number of methoxy groups -OCH3 is 1. The molecule has 0 bridgehead atoms. The fourth-order valence-corrected chi connectivity index (χ4v) is 2.17. The van der Waals surface area contributed by atoms with E-state index in [0.29, 0.717) is 11.3 Å². The van der Waals surface area contributed by atoms with E-state index in [0.717, 1.165) is 12.8 Å². The van der Waals surface area contributed by atoms with Crippen molar-refractivity contribution in [2.45, 2.75) is 31.7 Å². The molecule has 1 aromatic carbocycles. The molecule has 0 atom stereocenters. The van der Waals surface area contributed by atoms with Crippen molar-refractivity contribution in [1.82, 2.24) is 5.32 Å². The van der Waals surface area contributed by atoms with Gasteiger partial charge in [-0.05, 0) is 31.0 Å². The average Bonchev–Trinajstić information content (AvgIpc) is 2.81. The maximum absolute atomic E-state index is 11.9. The van der Waals surface area contributed by atoms with Crippen molar-refractivity contribution < 1.29 is 14.6 Å². The van der Waals surface area contributed by atoms with Crippen molar-refractivity contribution >= 4 is 5.91 Å². The van der Waals surface area contributed by atoms with Crippen LogP contribution >= 0.6 is 0 Å². The van der Waals surface area contributed by atoms with Crippen LogP contribution in [0.4, 0.5) is 0 Å². The van der Waals surface area contributed by atoms with E-state index >= 15 is 0 Å². The molecule has 0 radical (unpaired) electrons. The van der Waals surface area contributed by atoms with Gasteiger partial charge in [0.05, 0.1) is 7.11 Å². The summed E-state index contributed by atoms with van der Waals surface area (Å²) >= 11 is 0. The average molecular weight is 235 g/mol. The monoisotopic (exact) mass is 235 g/mol. The Labute approximate surface area is 101 Å². The summed E-state index contributed by atoms with van der Waals surface area (Å²) in [5.74, 6) is 0.240. The van der Waals surface area contributed by atoms with E-state index in [1.165, 1.54) is 26.0 Å². The molecule has 1 amide bonds. The number of aromatic hydroxyl groups is 1. The number of ether oxygens (including phenoxy) is 1. The first-order chi connectivity index (χ1) is 8.20. The summed E-state index contributed by atoms with van der Waals surface area (Å²) in [6.07, 6.45) is 4.46. The highest BCUT2D eigenvalue weighted by Crippen LogP contribution is 2.26. The molecule has 1 aromatic rings. The summed E-state index contributed by atoms with van der Waals surface area (Å²) in [6, 6.07) is 4.97. The van der Waals surface area contributed by atoms with E-state index in [-0.39, 0.29) is 17.7 Å². The van der Waals surface area contributed by atoms with Gasteiger partial charge in [0.1, 0.15) is 0 Å². The SMILES string of the molecule is COc1ccc(C(=O)NC2CCCC2)cc1O. The van der Waals surface area contributed by atoms with Gasteiger partial charge in [0.15, 0.2) is 11.5 Å². The van der Waals surface area contributed by atoms with Gasteiger partial charge < -0.3 is 15.2 Å². The van der Waals surface area contributed by atoms with Crippen LogP contribution in [-0.2, 0) is 0 Å². The standard InChI is InChI=1S/C13H17NO3/c1-17-12-7-6-9(8-11(12)15)13(16)14-10-4-2-3-5-10/h6-8,10,15H,2-5H2,1H3,(H,14,16).